The number of fused-ring (bicyclic) bond motifs is 2. The Morgan fingerprint density at radius 1 is 1.25 bits per heavy atom. The van der Waals surface area contributed by atoms with Crippen molar-refractivity contribution in [3.63, 3.8) is 0 Å². The predicted octanol–water partition coefficient (Wildman–Crippen LogP) is 1.54. The third-order valence-corrected chi connectivity index (χ3v) is 4.33. The van der Waals surface area contributed by atoms with E-state index in [0.29, 0.717) is 12.0 Å². The van der Waals surface area contributed by atoms with Crippen LogP contribution in [0.1, 0.15) is 39.5 Å². The van der Waals surface area contributed by atoms with Crippen LogP contribution in [0.3, 0.4) is 0 Å². The van der Waals surface area contributed by atoms with Gasteiger partial charge in [0.05, 0.1) is 6.04 Å². The van der Waals surface area contributed by atoms with Gasteiger partial charge >= 0.3 is 0 Å². The van der Waals surface area contributed by atoms with Gasteiger partial charge in [-0.25, -0.2) is 0 Å². The van der Waals surface area contributed by atoms with Crippen molar-refractivity contribution in [3.05, 3.63) is 0 Å². The first kappa shape index (κ1) is 11.9. The first-order valence-electron chi connectivity index (χ1n) is 6.59. The van der Waals surface area contributed by atoms with Gasteiger partial charge < -0.3 is 10.6 Å². The summed E-state index contributed by atoms with van der Waals surface area (Å²) in [7, 11) is 1.72. The number of amides is 1. The van der Waals surface area contributed by atoms with E-state index in [9.17, 15) is 4.79 Å². The molecule has 2 saturated carbocycles. The molecule has 0 aromatic rings. The highest BCUT2D eigenvalue weighted by Crippen LogP contribution is 2.44. The molecule has 0 aliphatic heterocycles. The van der Waals surface area contributed by atoms with Crippen LogP contribution in [0.25, 0.3) is 0 Å². The van der Waals surface area contributed by atoms with Crippen LogP contribution in [0.2, 0.25) is 0 Å². The SMILES string of the molecule is CNC(=O)C(NC1CC2CCC1C2)C(C)C. The van der Waals surface area contributed by atoms with Gasteiger partial charge in [0, 0.05) is 13.1 Å². The third kappa shape index (κ3) is 2.24. The Hall–Kier alpha value is -0.570. The molecule has 2 fully saturated rings. The zero-order chi connectivity index (χ0) is 11.7. The van der Waals surface area contributed by atoms with Crippen molar-refractivity contribution in [2.75, 3.05) is 7.05 Å². The van der Waals surface area contributed by atoms with Gasteiger partial charge in [-0.2, -0.15) is 0 Å². The molecule has 2 bridgehead atoms. The van der Waals surface area contributed by atoms with Crippen LogP contribution >= 0.6 is 0 Å². The average molecular weight is 224 g/mol. The van der Waals surface area contributed by atoms with Crippen LogP contribution in [0.15, 0.2) is 0 Å². The molecule has 0 heterocycles. The minimum Gasteiger partial charge on any atom is -0.358 e. The fourth-order valence-corrected chi connectivity index (χ4v) is 3.41. The quantitative estimate of drug-likeness (QED) is 0.760. The van der Waals surface area contributed by atoms with E-state index in [1.54, 1.807) is 7.05 Å². The fraction of sp³-hybridized carbons (Fsp3) is 0.923. The molecule has 0 saturated heterocycles. The molecule has 4 unspecified atom stereocenters. The van der Waals surface area contributed by atoms with Gasteiger partial charge in [-0.05, 0) is 37.0 Å². The predicted molar refractivity (Wildman–Crippen MR) is 65.1 cm³/mol. The van der Waals surface area contributed by atoms with Crippen LogP contribution in [0.5, 0.6) is 0 Å². The minimum absolute atomic E-state index is 0.0191. The van der Waals surface area contributed by atoms with Crippen molar-refractivity contribution in [1.82, 2.24) is 10.6 Å². The summed E-state index contributed by atoms with van der Waals surface area (Å²) in [4.78, 5) is 11.8. The Morgan fingerprint density at radius 3 is 2.44 bits per heavy atom. The summed E-state index contributed by atoms with van der Waals surface area (Å²) in [5, 5.41) is 6.35. The Labute approximate surface area is 98.4 Å². The lowest BCUT2D eigenvalue weighted by atomic mass is 9.93. The van der Waals surface area contributed by atoms with E-state index >= 15 is 0 Å². The number of hydrogen-bond donors (Lipinski definition) is 2. The van der Waals surface area contributed by atoms with E-state index in [-0.39, 0.29) is 11.9 Å². The molecule has 0 spiro atoms. The number of nitrogens with one attached hydrogen (secondary N) is 2. The number of likely N-dealkylation sites (N-methyl/N-ethyl adjacent to an activating group) is 1. The monoisotopic (exact) mass is 224 g/mol. The second-order valence-electron chi connectivity index (χ2n) is 5.78. The summed E-state index contributed by atoms with van der Waals surface area (Å²) in [6.45, 7) is 4.22. The number of carbonyl (C=O) groups excluding carboxylic acids is 1. The van der Waals surface area contributed by atoms with Crippen molar-refractivity contribution < 1.29 is 4.79 Å². The molecule has 3 nitrogen and oxygen atoms in total. The lowest BCUT2D eigenvalue weighted by Gasteiger charge is -2.29. The Balaban J connectivity index is 1.93. The van der Waals surface area contributed by atoms with Crippen molar-refractivity contribution in [3.8, 4) is 0 Å². The molecule has 0 radical (unpaired) electrons. The van der Waals surface area contributed by atoms with Gasteiger partial charge in [0.25, 0.3) is 0 Å². The van der Waals surface area contributed by atoms with Gasteiger partial charge in [-0.3, -0.25) is 4.79 Å². The average Bonchev–Trinajstić information content (AvgIpc) is 2.86. The number of carbonyl (C=O) groups is 1. The maximum atomic E-state index is 11.8. The van der Waals surface area contributed by atoms with Crippen LogP contribution in [-0.2, 0) is 4.79 Å². The normalized spacial score (nSPS) is 34.4. The lowest BCUT2D eigenvalue weighted by molar-refractivity contribution is -0.124. The molecule has 2 rings (SSSR count). The highest BCUT2D eigenvalue weighted by molar-refractivity contribution is 5.81. The van der Waals surface area contributed by atoms with Crippen LogP contribution in [-0.4, -0.2) is 25.0 Å². The molecule has 2 N–H and O–H groups in total. The number of hydrogen-bond acceptors (Lipinski definition) is 2. The lowest BCUT2D eigenvalue weighted by Crippen LogP contribution is -2.51. The van der Waals surface area contributed by atoms with E-state index in [4.69, 9.17) is 0 Å². The molecular formula is C13H24N2O. The smallest absolute Gasteiger partial charge is 0.237 e. The largest absolute Gasteiger partial charge is 0.358 e. The van der Waals surface area contributed by atoms with Gasteiger partial charge in [0.2, 0.25) is 5.91 Å². The van der Waals surface area contributed by atoms with Gasteiger partial charge in [0.1, 0.15) is 0 Å². The van der Waals surface area contributed by atoms with Gasteiger partial charge in [-0.1, -0.05) is 20.3 Å². The summed E-state index contributed by atoms with van der Waals surface area (Å²) in [5.41, 5.74) is 0. The summed E-state index contributed by atoms with van der Waals surface area (Å²) < 4.78 is 0. The van der Waals surface area contributed by atoms with E-state index in [1.165, 1.54) is 25.7 Å². The molecule has 0 aromatic heterocycles. The second-order valence-corrected chi connectivity index (χ2v) is 5.78. The first-order valence-corrected chi connectivity index (χ1v) is 6.59. The van der Waals surface area contributed by atoms with Crippen molar-refractivity contribution in [1.29, 1.82) is 0 Å². The van der Waals surface area contributed by atoms with Crippen LogP contribution < -0.4 is 10.6 Å². The molecule has 1 amide bonds. The second kappa shape index (κ2) is 4.74. The zero-order valence-electron chi connectivity index (χ0n) is 10.6. The maximum absolute atomic E-state index is 11.8. The summed E-state index contributed by atoms with van der Waals surface area (Å²) in [5.74, 6) is 2.26. The molecule has 2 aliphatic rings. The third-order valence-electron chi connectivity index (χ3n) is 4.33. The van der Waals surface area contributed by atoms with E-state index in [1.807, 2.05) is 0 Å². The maximum Gasteiger partial charge on any atom is 0.237 e. The topological polar surface area (TPSA) is 41.1 Å². The molecule has 0 aromatic carbocycles. The standard InChI is InChI=1S/C13H24N2O/c1-8(2)12(13(16)14-3)15-11-7-9-4-5-10(11)6-9/h8-12,15H,4-7H2,1-3H3,(H,14,16). The van der Waals surface area contributed by atoms with E-state index in [2.05, 4.69) is 24.5 Å². The van der Waals surface area contributed by atoms with E-state index < -0.39 is 0 Å². The van der Waals surface area contributed by atoms with Crippen molar-refractivity contribution in [2.45, 2.75) is 51.6 Å². The van der Waals surface area contributed by atoms with Gasteiger partial charge in [0.15, 0.2) is 0 Å². The Morgan fingerprint density at radius 2 is 2.00 bits per heavy atom. The highest BCUT2D eigenvalue weighted by Gasteiger charge is 2.41. The fourth-order valence-electron chi connectivity index (χ4n) is 3.41. The minimum atomic E-state index is -0.0191. The zero-order valence-corrected chi connectivity index (χ0v) is 10.6. The Bertz CT molecular complexity index is 265. The highest BCUT2D eigenvalue weighted by atomic mass is 16.2. The first-order chi connectivity index (χ1) is 7.61. The summed E-state index contributed by atoms with van der Waals surface area (Å²) in [6.07, 6.45) is 5.44. The van der Waals surface area contributed by atoms with Crippen LogP contribution in [0.4, 0.5) is 0 Å². The Kier molecular flexibility index (Phi) is 3.53. The summed E-state index contributed by atoms with van der Waals surface area (Å²) >= 11 is 0. The van der Waals surface area contributed by atoms with Gasteiger partial charge in [-0.15, -0.1) is 0 Å². The van der Waals surface area contributed by atoms with Crippen LogP contribution in [0, 0.1) is 17.8 Å². The van der Waals surface area contributed by atoms with E-state index in [0.717, 1.165) is 11.8 Å². The molecular weight excluding hydrogens is 200 g/mol. The molecule has 92 valence electrons. The van der Waals surface area contributed by atoms with Crippen molar-refractivity contribution >= 4 is 5.91 Å². The number of rotatable bonds is 4. The molecule has 2 aliphatic carbocycles. The molecule has 3 heteroatoms. The summed E-state index contributed by atoms with van der Waals surface area (Å²) in [6, 6.07) is 0.567. The van der Waals surface area contributed by atoms with Crippen molar-refractivity contribution in [2.24, 2.45) is 17.8 Å². The molecule has 4 atom stereocenters. The molecule has 16 heavy (non-hydrogen) atoms.